The highest BCUT2D eigenvalue weighted by Crippen LogP contribution is 2.20. The fraction of sp³-hybridized carbons (Fsp3) is 0.368. The van der Waals surface area contributed by atoms with Crippen molar-refractivity contribution in [3.8, 4) is 11.6 Å². The van der Waals surface area contributed by atoms with Crippen LogP contribution < -0.4 is 10.1 Å². The Morgan fingerprint density at radius 3 is 2.96 bits per heavy atom. The Morgan fingerprint density at radius 2 is 2.31 bits per heavy atom. The number of benzene rings is 1. The highest BCUT2D eigenvalue weighted by atomic mass is 19.1. The van der Waals surface area contributed by atoms with Crippen LogP contribution in [0.25, 0.3) is 0 Å². The predicted octanol–water partition coefficient (Wildman–Crippen LogP) is 2.55. The van der Waals surface area contributed by atoms with Crippen LogP contribution in [0.4, 0.5) is 4.39 Å². The van der Waals surface area contributed by atoms with E-state index in [1.807, 2.05) is 13.0 Å². The first kappa shape index (κ1) is 18.1. The van der Waals surface area contributed by atoms with Crippen LogP contribution in [0.5, 0.6) is 11.6 Å². The summed E-state index contributed by atoms with van der Waals surface area (Å²) < 4.78 is 18.7. The van der Waals surface area contributed by atoms with E-state index in [0.29, 0.717) is 24.7 Å². The molecule has 2 heterocycles. The van der Waals surface area contributed by atoms with E-state index in [0.717, 1.165) is 31.0 Å². The van der Waals surface area contributed by atoms with Crippen LogP contribution in [0.2, 0.25) is 0 Å². The number of pyridine rings is 1. The first-order valence-corrected chi connectivity index (χ1v) is 8.73. The number of likely N-dealkylation sites (tertiary alicyclic amines) is 1. The fourth-order valence-electron chi connectivity index (χ4n) is 2.74. The van der Waals surface area contributed by atoms with Gasteiger partial charge in [0.2, 0.25) is 5.88 Å². The van der Waals surface area contributed by atoms with E-state index >= 15 is 0 Å². The lowest BCUT2D eigenvalue weighted by Crippen LogP contribution is -2.40. The molecule has 1 fully saturated rings. The third-order valence-electron chi connectivity index (χ3n) is 4.03. The number of nitrogens with zero attached hydrogens (tertiary/aromatic N) is 3. The van der Waals surface area contributed by atoms with Crippen LogP contribution in [0.1, 0.15) is 18.9 Å². The average molecular weight is 358 g/mol. The van der Waals surface area contributed by atoms with Crippen LogP contribution in [-0.4, -0.2) is 46.7 Å². The summed E-state index contributed by atoms with van der Waals surface area (Å²) in [4.78, 5) is 10.9. The highest BCUT2D eigenvalue weighted by Gasteiger charge is 2.22. The number of halogens is 1. The Labute approximate surface area is 152 Å². The SMILES string of the molecule is CCNC(=NCc1ccc(Oc2cccc(F)c2)nc1)N1CC[C@@H](O)C1. The van der Waals surface area contributed by atoms with E-state index in [-0.39, 0.29) is 11.9 Å². The number of aromatic nitrogens is 1. The van der Waals surface area contributed by atoms with Crippen molar-refractivity contribution in [3.63, 3.8) is 0 Å². The third-order valence-corrected chi connectivity index (χ3v) is 4.03. The number of hydrogen-bond donors (Lipinski definition) is 2. The number of guanidine groups is 1. The lowest BCUT2D eigenvalue weighted by atomic mass is 10.3. The van der Waals surface area contributed by atoms with Crippen molar-refractivity contribution in [3.05, 3.63) is 54.0 Å². The van der Waals surface area contributed by atoms with Gasteiger partial charge in [0.25, 0.3) is 0 Å². The molecule has 0 amide bonds. The van der Waals surface area contributed by atoms with Gasteiger partial charge >= 0.3 is 0 Å². The molecule has 7 heteroatoms. The van der Waals surface area contributed by atoms with E-state index in [1.165, 1.54) is 12.1 Å². The second kappa shape index (κ2) is 8.62. The predicted molar refractivity (Wildman–Crippen MR) is 97.7 cm³/mol. The Morgan fingerprint density at radius 1 is 1.42 bits per heavy atom. The quantitative estimate of drug-likeness (QED) is 0.635. The number of ether oxygens (including phenoxy) is 1. The first-order chi connectivity index (χ1) is 12.6. The smallest absolute Gasteiger partial charge is 0.219 e. The standard InChI is InChI=1S/C19H23FN4O2/c1-2-21-19(24-9-8-16(25)13-24)23-12-14-6-7-18(22-11-14)26-17-5-3-4-15(20)10-17/h3-7,10-11,16,25H,2,8-9,12-13H2,1H3,(H,21,23)/t16-/m1/s1. The summed E-state index contributed by atoms with van der Waals surface area (Å²) in [7, 11) is 0. The van der Waals surface area contributed by atoms with Crippen molar-refractivity contribution in [1.82, 2.24) is 15.2 Å². The number of aliphatic hydroxyl groups excluding tert-OH is 1. The Kier molecular flexibility index (Phi) is 6.01. The van der Waals surface area contributed by atoms with Crippen LogP contribution in [0.15, 0.2) is 47.6 Å². The van der Waals surface area contributed by atoms with Gasteiger partial charge in [-0.05, 0) is 31.0 Å². The minimum atomic E-state index is -0.351. The van der Waals surface area contributed by atoms with E-state index in [9.17, 15) is 9.50 Å². The summed E-state index contributed by atoms with van der Waals surface area (Å²) in [5, 5.41) is 12.9. The molecular formula is C19H23FN4O2. The number of aliphatic hydroxyl groups is 1. The highest BCUT2D eigenvalue weighted by molar-refractivity contribution is 5.80. The van der Waals surface area contributed by atoms with Gasteiger partial charge in [-0.1, -0.05) is 12.1 Å². The Balaban J connectivity index is 1.62. The molecule has 26 heavy (non-hydrogen) atoms. The summed E-state index contributed by atoms with van der Waals surface area (Å²) in [5.41, 5.74) is 0.937. The van der Waals surface area contributed by atoms with E-state index in [4.69, 9.17) is 4.74 Å². The molecule has 1 aromatic carbocycles. The molecule has 1 saturated heterocycles. The topological polar surface area (TPSA) is 70.0 Å². The van der Waals surface area contributed by atoms with Crippen LogP contribution in [0.3, 0.4) is 0 Å². The normalized spacial score (nSPS) is 17.4. The van der Waals surface area contributed by atoms with Gasteiger partial charge < -0.3 is 20.1 Å². The van der Waals surface area contributed by atoms with E-state index < -0.39 is 0 Å². The molecule has 1 atom stereocenters. The molecule has 1 aliphatic heterocycles. The number of nitrogens with one attached hydrogen (secondary N) is 1. The zero-order chi connectivity index (χ0) is 18.4. The molecule has 1 aromatic heterocycles. The van der Waals surface area contributed by atoms with Gasteiger partial charge in [-0.3, -0.25) is 0 Å². The number of hydrogen-bond acceptors (Lipinski definition) is 4. The summed E-state index contributed by atoms with van der Waals surface area (Å²) in [5.74, 6) is 1.25. The number of rotatable bonds is 5. The maximum absolute atomic E-state index is 13.2. The van der Waals surface area contributed by atoms with Crippen molar-refractivity contribution < 1.29 is 14.2 Å². The van der Waals surface area contributed by atoms with Crippen molar-refractivity contribution >= 4 is 5.96 Å². The number of aliphatic imine (C=N–C) groups is 1. The Bertz CT molecular complexity index is 751. The van der Waals surface area contributed by atoms with Gasteiger partial charge in [0.05, 0.1) is 12.6 Å². The zero-order valence-corrected chi connectivity index (χ0v) is 14.7. The van der Waals surface area contributed by atoms with Crippen LogP contribution >= 0.6 is 0 Å². The van der Waals surface area contributed by atoms with E-state index in [1.54, 1.807) is 24.4 Å². The van der Waals surface area contributed by atoms with Gasteiger partial charge in [-0.15, -0.1) is 0 Å². The summed E-state index contributed by atoms with van der Waals surface area (Å²) >= 11 is 0. The summed E-state index contributed by atoms with van der Waals surface area (Å²) in [6, 6.07) is 9.56. The molecule has 6 nitrogen and oxygen atoms in total. The third kappa shape index (κ3) is 4.92. The summed E-state index contributed by atoms with van der Waals surface area (Å²) in [6.45, 7) is 4.66. The number of β-amino-alcohol motifs (C(OH)–C–C–N with tert-alkyl or cyclic N) is 1. The molecule has 0 radical (unpaired) electrons. The molecule has 1 aliphatic rings. The molecule has 2 N–H and O–H groups in total. The van der Waals surface area contributed by atoms with E-state index in [2.05, 4.69) is 20.2 Å². The minimum Gasteiger partial charge on any atom is -0.439 e. The zero-order valence-electron chi connectivity index (χ0n) is 14.7. The lowest BCUT2D eigenvalue weighted by molar-refractivity contribution is 0.188. The molecule has 0 unspecified atom stereocenters. The first-order valence-electron chi connectivity index (χ1n) is 8.73. The largest absolute Gasteiger partial charge is 0.439 e. The van der Waals surface area contributed by atoms with Crippen molar-refractivity contribution in [2.75, 3.05) is 19.6 Å². The van der Waals surface area contributed by atoms with Gasteiger partial charge in [0, 0.05) is 38.0 Å². The van der Waals surface area contributed by atoms with Gasteiger partial charge in [-0.25, -0.2) is 14.4 Å². The summed E-state index contributed by atoms with van der Waals surface area (Å²) in [6.07, 6.45) is 2.17. The van der Waals surface area contributed by atoms with Gasteiger partial charge in [-0.2, -0.15) is 0 Å². The molecule has 0 saturated carbocycles. The molecule has 0 aliphatic carbocycles. The molecule has 3 rings (SSSR count). The molecule has 2 aromatic rings. The lowest BCUT2D eigenvalue weighted by Gasteiger charge is -2.20. The Hall–Kier alpha value is -2.67. The van der Waals surface area contributed by atoms with Crippen molar-refractivity contribution in [2.24, 2.45) is 4.99 Å². The monoisotopic (exact) mass is 358 g/mol. The minimum absolute atomic E-state index is 0.292. The fourth-order valence-corrected chi connectivity index (χ4v) is 2.74. The van der Waals surface area contributed by atoms with Crippen LogP contribution in [0, 0.1) is 5.82 Å². The maximum Gasteiger partial charge on any atom is 0.219 e. The van der Waals surface area contributed by atoms with Gasteiger partial charge in [0.1, 0.15) is 11.6 Å². The second-order valence-electron chi connectivity index (χ2n) is 6.12. The molecule has 0 spiro atoms. The maximum atomic E-state index is 13.2. The second-order valence-corrected chi connectivity index (χ2v) is 6.12. The van der Waals surface area contributed by atoms with Crippen LogP contribution in [-0.2, 0) is 6.54 Å². The average Bonchev–Trinajstić information content (AvgIpc) is 3.06. The molecule has 138 valence electrons. The molecular weight excluding hydrogens is 335 g/mol. The van der Waals surface area contributed by atoms with Crippen molar-refractivity contribution in [2.45, 2.75) is 26.0 Å². The van der Waals surface area contributed by atoms with Gasteiger partial charge in [0.15, 0.2) is 5.96 Å². The molecule has 0 bridgehead atoms. The van der Waals surface area contributed by atoms with Crippen molar-refractivity contribution in [1.29, 1.82) is 0 Å².